The fourth-order valence-electron chi connectivity index (χ4n) is 2.87. The highest BCUT2D eigenvalue weighted by molar-refractivity contribution is 7.92. The van der Waals surface area contributed by atoms with E-state index in [0.29, 0.717) is 10.4 Å². The second-order valence-corrected chi connectivity index (χ2v) is 11.1. The van der Waals surface area contributed by atoms with E-state index in [1.807, 2.05) is 20.8 Å². The number of hydrogen-bond acceptors (Lipinski definition) is 6. The lowest BCUT2D eigenvalue weighted by molar-refractivity contribution is -0.626. The van der Waals surface area contributed by atoms with E-state index >= 15 is 0 Å². The monoisotopic (exact) mass is 504 g/mol. The first-order chi connectivity index (χ1) is 15.4. The highest BCUT2D eigenvalue weighted by Crippen LogP contribution is 2.24. The molecule has 0 bridgehead atoms. The molecule has 0 aliphatic heterocycles. The number of esters is 1. The Kier molecular flexibility index (Phi) is 7.03. The molecule has 0 aliphatic rings. The van der Waals surface area contributed by atoms with Crippen LogP contribution in [0, 0.1) is 11.8 Å². The Morgan fingerprint density at radius 3 is 2.39 bits per heavy atom. The van der Waals surface area contributed by atoms with E-state index in [4.69, 9.17) is 22.2 Å². The maximum Gasteiger partial charge on any atom is 0.349 e. The maximum atomic E-state index is 12.9. The van der Waals surface area contributed by atoms with Crippen molar-refractivity contribution in [2.45, 2.75) is 31.1 Å². The molecule has 33 heavy (non-hydrogen) atoms. The van der Waals surface area contributed by atoms with E-state index in [2.05, 4.69) is 16.6 Å². The van der Waals surface area contributed by atoms with Crippen molar-refractivity contribution in [2.75, 3.05) is 17.7 Å². The predicted molar refractivity (Wildman–Crippen MR) is 129 cm³/mol. The summed E-state index contributed by atoms with van der Waals surface area (Å²) in [5.41, 5.74) is 1.53. The van der Waals surface area contributed by atoms with Gasteiger partial charge in [0.15, 0.2) is 0 Å². The number of pyridine rings is 1. The molecule has 0 unspecified atom stereocenters. The highest BCUT2D eigenvalue weighted by atomic mass is 35.5. The third-order valence-electron chi connectivity index (χ3n) is 4.74. The molecule has 0 spiro atoms. The van der Waals surface area contributed by atoms with Crippen LogP contribution in [0.25, 0.3) is 0 Å². The molecule has 0 aliphatic carbocycles. The van der Waals surface area contributed by atoms with Crippen molar-refractivity contribution in [3.63, 3.8) is 0 Å². The molecule has 3 N–H and O–H groups in total. The van der Waals surface area contributed by atoms with Crippen LogP contribution >= 0.6 is 22.9 Å². The zero-order valence-corrected chi connectivity index (χ0v) is 20.9. The summed E-state index contributed by atoms with van der Waals surface area (Å²) in [6.45, 7) is 6.14. The summed E-state index contributed by atoms with van der Waals surface area (Å²) >= 11 is 7.45. The number of aromatic nitrogens is 1. The summed E-state index contributed by atoms with van der Waals surface area (Å²) in [6, 6.07) is 11.3. The zero-order valence-electron chi connectivity index (χ0n) is 18.5. The first-order valence-electron chi connectivity index (χ1n) is 9.75. The van der Waals surface area contributed by atoms with Gasteiger partial charge in [-0.15, -0.1) is 16.0 Å². The Morgan fingerprint density at radius 1 is 1.12 bits per heavy atom. The number of benzene rings is 1. The molecule has 0 atom stereocenters. The van der Waals surface area contributed by atoms with Gasteiger partial charge in [0.25, 0.3) is 0 Å². The fraction of sp³-hybridized carbons (Fsp3) is 0.217. The highest BCUT2D eigenvalue weighted by Gasteiger charge is 2.25. The molecule has 2 aromatic heterocycles. The van der Waals surface area contributed by atoms with E-state index < -0.39 is 16.0 Å². The number of hydrogen-bond donors (Lipinski definition) is 2. The number of sulfonamides is 1. The predicted octanol–water partition coefficient (Wildman–Crippen LogP) is 3.69. The molecule has 0 saturated heterocycles. The van der Waals surface area contributed by atoms with Gasteiger partial charge in [0.2, 0.25) is 5.69 Å². The van der Waals surface area contributed by atoms with Crippen molar-refractivity contribution in [1.82, 2.24) is 0 Å². The smallest absolute Gasteiger partial charge is 0.349 e. The summed E-state index contributed by atoms with van der Waals surface area (Å²) in [5.74, 6) is 11.4. The number of nitrogen functional groups attached to an aromatic ring is 1. The second kappa shape index (κ2) is 9.43. The van der Waals surface area contributed by atoms with E-state index in [9.17, 15) is 13.2 Å². The summed E-state index contributed by atoms with van der Waals surface area (Å²) in [5, 5.41) is 1.93. The topological polar surface area (TPSA) is 102 Å². The van der Waals surface area contributed by atoms with Gasteiger partial charge in [-0.25, -0.2) is 4.79 Å². The number of nitrogens with zero attached hydrogens (tertiary/aromatic N) is 1. The molecule has 0 radical (unpaired) electrons. The summed E-state index contributed by atoms with van der Waals surface area (Å²) in [4.78, 5) is 12.3. The van der Waals surface area contributed by atoms with Crippen molar-refractivity contribution in [3.05, 3.63) is 74.6 Å². The second-order valence-electron chi connectivity index (χ2n) is 8.07. The summed E-state index contributed by atoms with van der Waals surface area (Å²) in [6.07, 6.45) is 0. The lowest BCUT2D eigenvalue weighted by Crippen LogP contribution is -2.50. The van der Waals surface area contributed by atoms with Crippen LogP contribution in [0.5, 0.6) is 0 Å². The van der Waals surface area contributed by atoms with Crippen LogP contribution in [0.2, 0.25) is 5.02 Å². The van der Waals surface area contributed by atoms with Gasteiger partial charge in [0.1, 0.15) is 9.77 Å². The van der Waals surface area contributed by atoms with Gasteiger partial charge in [0, 0.05) is 6.07 Å². The Labute approximate surface area is 202 Å². The molecule has 3 aromatic rings. The number of halogens is 1. The van der Waals surface area contributed by atoms with Crippen LogP contribution < -0.4 is 15.2 Å². The number of nitrogens with two attached hydrogens (primary N) is 1. The number of carbonyl (C=O) groups is 1. The molecule has 1 aromatic carbocycles. The van der Waals surface area contributed by atoms with Gasteiger partial charge in [0.05, 0.1) is 17.7 Å². The van der Waals surface area contributed by atoms with Crippen LogP contribution in [0.4, 0.5) is 5.82 Å². The average Bonchev–Trinajstić information content (AvgIpc) is 3.23. The van der Waals surface area contributed by atoms with Crippen LogP contribution in [0.15, 0.2) is 52.7 Å². The van der Waals surface area contributed by atoms with Crippen molar-refractivity contribution in [2.24, 2.45) is 0 Å². The Balaban J connectivity index is 1.94. The fourth-order valence-corrected chi connectivity index (χ4v) is 4.89. The number of thiophene rings is 1. The molecule has 2 heterocycles. The molecule has 0 saturated carbocycles. The Bertz CT molecular complexity index is 1360. The number of nitrogens with one attached hydrogen (secondary N) is 1. The third-order valence-corrected chi connectivity index (χ3v) is 7.31. The normalized spacial score (nSPS) is 11.4. The molecule has 172 valence electrons. The van der Waals surface area contributed by atoms with Gasteiger partial charge in [-0.05, 0) is 46.5 Å². The van der Waals surface area contributed by atoms with Gasteiger partial charge in [-0.3, -0.25) is 5.84 Å². The first-order valence-corrected chi connectivity index (χ1v) is 12.5. The van der Waals surface area contributed by atoms with Crippen molar-refractivity contribution < 1.29 is 22.6 Å². The quantitative estimate of drug-likeness (QED) is 0.244. The molecule has 10 heteroatoms. The van der Waals surface area contributed by atoms with Crippen LogP contribution in [0.3, 0.4) is 0 Å². The maximum absolute atomic E-state index is 12.9. The third kappa shape index (κ3) is 5.47. The van der Waals surface area contributed by atoms with Crippen molar-refractivity contribution in [1.29, 1.82) is 0 Å². The molecule has 0 amide bonds. The average molecular weight is 505 g/mol. The van der Waals surface area contributed by atoms with Gasteiger partial charge in [-0.1, -0.05) is 50.4 Å². The Morgan fingerprint density at radius 2 is 1.79 bits per heavy atom. The van der Waals surface area contributed by atoms with E-state index in [1.165, 1.54) is 30.6 Å². The minimum atomic E-state index is -3.91. The van der Waals surface area contributed by atoms with Crippen LogP contribution in [-0.2, 0) is 20.2 Å². The SMILES string of the molecule is COC(=O)c1sccc1C#Cc1c(Cl)ccc(NS(=O)(=O)c2ccc(C(C)(C)C)cc2)[n+]1N. The van der Waals surface area contributed by atoms with E-state index in [-0.39, 0.29) is 26.8 Å². The number of carbonyl (C=O) groups excluding carboxylic acids is 1. The Hall–Kier alpha value is -3.06. The molecular formula is C23H23ClN3O4S2+. The van der Waals surface area contributed by atoms with Crippen molar-refractivity contribution >= 4 is 44.7 Å². The lowest BCUT2D eigenvalue weighted by Gasteiger charge is -2.18. The van der Waals surface area contributed by atoms with Crippen LogP contribution in [-0.4, -0.2) is 21.5 Å². The molecule has 0 fully saturated rings. The standard InChI is InChI=1S/C23H22ClN3O4S2/c1-23(2,3)16-6-8-17(9-7-16)33(29,30)26-20-12-10-18(24)19(27(20)25)11-5-15-13-14-32-21(15)22(28)31-4/h6-10,12-14H,25H2,1-4H3/p+1. The number of anilines is 1. The lowest BCUT2D eigenvalue weighted by atomic mass is 9.87. The van der Waals surface area contributed by atoms with Gasteiger partial charge < -0.3 is 4.74 Å². The largest absolute Gasteiger partial charge is 0.465 e. The minimum absolute atomic E-state index is 0.0714. The van der Waals surface area contributed by atoms with Crippen molar-refractivity contribution in [3.8, 4) is 11.8 Å². The number of ether oxygens (including phenoxy) is 1. The number of methoxy groups -OCH3 is 1. The molecule has 3 rings (SSSR count). The van der Waals surface area contributed by atoms with Crippen LogP contribution in [0.1, 0.15) is 47.3 Å². The molecule has 7 nitrogen and oxygen atoms in total. The van der Waals surface area contributed by atoms with E-state index in [1.54, 1.807) is 35.7 Å². The minimum Gasteiger partial charge on any atom is -0.465 e. The van der Waals surface area contributed by atoms with Gasteiger partial charge >= 0.3 is 21.8 Å². The summed E-state index contributed by atoms with van der Waals surface area (Å²) in [7, 11) is -2.62. The molecular weight excluding hydrogens is 482 g/mol. The summed E-state index contributed by atoms with van der Waals surface area (Å²) < 4.78 is 34.1. The van der Waals surface area contributed by atoms with E-state index in [0.717, 1.165) is 10.2 Å². The van der Waals surface area contributed by atoms with Gasteiger partial charge in [-0.2, -0.15) is 13.1 Å². The number of rotatable bonds is 4. The zero-order chi connectivity index (χ0) is 24.4. The first kappa shape index (κ1) is 24.6.